The van der Waals surface area contributed by atoms with Crippen LogP contribution in [0.25, 0.3) is 0 Å². The molecule has 5 heteroatoms. The van der Waals surface area contributed by atoms with E-state index in [2.05, 4.69) is 11.6 Å². The molecule has 0 amide bonds. The first kappa shape index (κ1) is 14.3. The topological polar surface area (TPSA) is 12.0 Å². The first-order chi connectivity index (χ1) is 7.65. The molecule has 90 valence electrons. The Morgan fingerprint density at radius 2 is 1.75 bits per heavy atom. The van der Waals surface area contributed by atoms with Crippen LogP contribution in [0.4, 0.5) is 5.69 Å². The first-order valence-electron chi connectivity index (χ1n) is 5.02. The van der Waals surface area contributed by atoms with Gasteiger partial charge in [-0.15, -0.1) is 0 Å². The quantitative estimate of drug-likeness (QED) is 0.724. The fraction of sp³-hybridized carbons (Fsp3) is 0.455. The first-order valence-corrected chi connectivity index (χ1v) is 7.55. The van der Waals surface area contributed by atoms with Crippen molar-refractivity contribution in [3.05, 3.63) is 27.2 Å². The summed E-state index contributed by atoms with van der Waals surface area (Å²) in [5.41, 5.74) is 0.775. The van der Waals surface area contributed by atoms with Gasteiger partial charge in [0, 0.05) is 11.6 Å². The van der Waals surface area contributed by atoms with Crippen molar-refractivity contribution in [2.45, 2.75) is 12.8 Å². The van der Waals surface area contributed by atoms with Gasteiger partial charge in [-0.05, 0) is 37.0 Å². The van der Waals surface area contributed by atoms with Crippen LogP contribution < -0.4 is 5.32 Å². The third-order valence-corrected chi connectivity index (χ3v) is 3.60. The van der Waals surface area contributed by atoms with E-state index in [4.69, 9.17) is 34.8 Å². The third kappa shape index (κ3) is 4.62. The maximum absolute atomic E-state index is 6.04. The molecule has 0 saturated heterocycles. The van der Waals surface area contributed by atoms with Gasteiger partial charge in [0.25, 0.3) is 0 Å². The third-order valence-electron chi connectivity index (χ3n) is 2.08. The smallest absolute Gasteiger partial charge is 0.0720 e. The molecule has 0 atom stereocenters. The number of benzene rings is 1. The van der Waals surface area contributed by atoms with E-state index in [0.29, 0.717) is 15.1 Å². The minimum absolute atomic E-state index is 0.558. The summed E-state index contributed by atoms with van der Waals surface area (Å²) in [5.74, 6) is 1.18. The second-order valence-corrected chi connectivity index (χ2v) is 5.61. The second-order valence-electron chi connectivity index (χ2n) is 3.37. The maximum atomic E-state index is 6.04. The number of halogens is 3. The standard InChI is InChI=1S/C11H14Cl3NS/c1-16-5-3-2-4-15-11-9(13)6-8(12)7-10(11)14/h6-7,15H,2-5H2,1H3. The number of thioether (sulfide) groups is 1. The molecule has 0 saturated carbocycles. The van der Waals surface area contributed by atoms with E-state index < -0.39 is 0 Å². The number of rotatable bonds is 6. The van der Waals surface area contributed by atoms with Gasteiger partial charge in [-0.3, -0.25) is 0 Å². The predicted molar refractivity (Wildman–Crippen MR) is 77.6 cm³/mol. The molecule has 1 nitrogen and oxygen atoms in total. The lowest BCUT2D eigenvalue weighted by atomic mass is 10.3. The average Bonchev–Trinajstić information content (AvgIpc) is 2.20. The number of hydrogen-bond acceptors (Lipinski definition) is 2. The molecule has 0 unspecified atom stereocenters. The minimum Gasteiger partial charge on any atom is -0.383 e. The lowest BCUT2D eigenvalue weighted by Crippen LogP contribution is -2.03. The average molecular weight is 299 g/mol. The molecule has 1 rings (SSSR count). The molecule has 0 radical (unpaired) electrons. The SMILES string of the molecule is CSCCCCNc1c(Cl)cc(Cl)cc1Cl. The zero-order valence-corrected chi connectivity index (χ0v) is 12.1. The second kappa shape index (κ2) is 7.54. The monoisotopic (exact) mass is 297 g/mol. The van der Waals surface area contributed by atoms with Crippen LogP contribution in [0.1, 0.15) is 12.8 Å². The fourth-order valence-electron chi connectivity index (χ4n) is 1.30. The van der Waals surface area contributed by atoms with Crippen molar-refractivity contribution in [3.8, 4) is 0 Å². The van der Waals surface area contributed by atoms with E-state index in [1.807, 2.05) is 11.8 Å². The molecule has 0 aliphatic carbocycles. The molecule has 0 aromatic heterocycles. The summed E-state index contributed by atoms with van der Waals surface area (Å²) in [6, 6.07) is 3.39. The molecule has 0 spiro atoms. The molecule has 1 N–H and O–H groups in total. The summed E-state index contributed by atoms with van der Waals surface area (Å²) in [6.07, 6.45) is 4.41. The van der Waals surface area contributed by atoms with Crippen molar-refractivity contribution in [2.75, 3.05) is 23.9 Å². The van der Waals surface area contributed by atoms with E-state index >= 15 is 0 Å². The lowest BCUT2D eigenvalue weighted by Gasteiger charge is -2.10. The zero-order valence-electron chi connectivity index (χ0n) is 9.03. The predicted octanol–water partition coefficient (Wildman–Crippen LogP) is 5.20. The van der Waals surface area contributed by atoms with Gasteiger partial charge in [0.05, 0.1) is 15.7 Å². The van der Waals surface area contributed by atoms with Gasteiger partial charge < -0.3 is 5.32 Å². The molecule has 0 bridgehead atoms. The lowest BCUT2D eigenvalue weighted by molar-refractivity contribution is 0.843. The van der Waals surface area contributed by atoms with Crippen LogP contribution in [-0.4, -0.2) is 18.6 Å². The van der Waals surface area contributed by atoms with Gasteiger partial charge in [0.1, 0.15) is 0 Å². The largest absolute Gasteiger partial charge is 0.383 e. The van der Waals surface area contributed by atoms with Gasteiger partial charge in [-0.2, -0.15) is 11.8 Å². The van der Waals surface area contributed by atoms with Crippen molar-refractivity contribution in [1.29, 1.82) is 0 Å². The van der Waals surface area contributed by atoms with Crippen LogP contribution in [0.5, 0.6) is 0 Å². The highest BCUT2D eigenvalue weighted by molar-refractivity contribution is 7.98. The Morgan fingerprint density at radius 1 is 1.12 bits per heavy atom. The molecule has 1 aromatic rings. The van der Waals surface area contributed by atoms with Crippen LogP contribution in [0.2, 0.25) is 15.1 Å². The highest BCUT2D eigenvalue weighted by Gasteiger charge is 2.06. The Labute approximate surface area is 116 Å². The van der Waals surface area contributed by atoms with E-state index in [1.165, 1.54) is 12.2 Å². The van der Waals surface area contributed by atoms with Crippen molar-refractivity contribution < 1.29 is 0 Å². The molecular weight excluding hydrogens is 285 g/mol. The van der Waals surface area contributed by atoms with Gasteiger partial charge in [-0.25, -0.2) is 0 Å². The summed E-state index contributed by atoms with van der Waals surface area (Å²) in [5, 5.41) is 4.94. The van der Waals surface area contributed by atoms with Crippen LogP contribution in [0.3, 0.4) is 0 Å². The van der Waals surface area contributed by atoms with Gasteiger partial charge >= 0.3 is 0 Å². The number of anilines is 1. The Kier molecular flexibility index (Phi) is 6.74. The van der Waals surface area contributed by atoms with Crippen LogP contribution in [-0.2, 0) is 0 Å². The molecule has 0 fully saturated rings. The summed E-state index contributed by atoms with van der Waals surface area (Å²) in [6.45, 7) is 0.877. The number of nitrogens with one attached hydrogen (secondary N) is 1. The highest BCUT2D eigenvalue weighted by Crippen LogP contribution is 2.33. The van der Waals surface area contributed by atoms with Crippen molar-refractivity contribution >= 4 is 52.3 Å². The van der Waals surface area contributed by atoms with Crippen LogP contribution in [0.15, 0.2) is 12.1 Å². The van der Waals surface area contributed by atoms with Crippen LogP contribution >= 0.6 is 46.6 Å². The summed E-state index contributed by atoms with van der Waals surface area (Å²) >= 11 is 19.8. The molecular formula is C11H14Cl3NS. The molecule has 0 heterocycles. The number of unbranched alkanes of at least 4 members (excludes halogenated alkanes) is 1. The molecule has 0 aliphatic rings. The Hall–Kier alpha value is 0.240. The molecule has 1 aromatic carbocycles. The Bertz CT molecular complexity index is 321. The van der Waals surface area contributed by atoms with Crippen molar-refractivity contribution in [2.24, 2.45) is 0 Å². The van der Waals surface area contributed by atoms with E-state index in [1.54, 1.807) is 12.1 Å². The zero-order chi connectivity index (χ0) is 12.0. The summed E-state index contributed by atoms with van der Waals surface area (Å²) in [4.78, 5) is 0. The van der Waals surface area contributed by atoms with Gasteiger partial charge in [0.2, 0.25) is 0 Å². The summed E-state index contributed by atoms with van der Waals surface area (Å²) < 4.78 is 0. The Morgan fingerprint density at radius 3 is 2.31 bits per heavy atom. The Balaban J connectivity index is 2.47. The van der Waals surface area contributed by atoms with E-state index in [0.717, 1.165) is 18.7 Å². The van der Waals surface area contributed by atoms with Crippen molar-refractivity contribution in [1.82, 2.24) is 0 Å². The number of hydrogen-bond donors (Lipinski definition) is 1. The summed E-state index contributed by atoms with van der Waals surface area (Å²) in [7, 11) is 0. The maximum Gasteiger partial charge on any atom is 0.0720 e. The van der Waals surface area contributed by atoms with Gasteiger partial charge in [0.15, 0.2) is 0 Å². The van der Waals surface area contributed by atoms with E-state index in [9.17, 15) is 0 Å². The normalized spacial score (nSPS) is 10.5. The van der Waals surface area contributed by atoms with Gasteiger partial charge in [-0.1, -0.05) is 34.8 Å². The minimum atomic E-state index is 0.558. The van der Waals surface area contributed by atoms with E-state index in [-0.39, 0.29) is 0 Å². The molecule has 0 aliphatic heterocycles. The fourth-order valence-corrected chi connectivity index (χ4v) is 2.74. The molecule has 16 heavy (non-hydrogen) atoms. The van der Waals surface area contributed by atoms with Crippen molar-refractivity contribution in [3.63, 3.8) is 0 Å². The van der Waals surface area contributed by atoms with Crippen LogP contribution in [0, 0.1) is 0 Å². The highest BCUT2D eigenvalue weighted by atomic mass is 35.5.